The monoisotopic (exact) mass is 354 g/mol. The highest BCUT2D eigenvalue weighted by atomic mass is 16.5. The number of ether oxygens (including phenoxy) is 2. The van der Waals surface area contributed by atoms with Crippen LogP contribution in [0.25, 0.3) is 0 Å². The van der Waals surface area contributed by atoms with E-state index in [9.17, 15) is 4.79 Å². The van der Waals surface area contributed by atoms with Gasteiger partial charge in [0.1, 0.15) is 12.7 Å². The Bertz CT molecular complexity index is 722. The molecule has 0 bridgehead atoms. The summed E-state index contributed by atoms with van der Waals surface area (Å²) in [5, 5.41) is 6.35. The largest absolute Gasteiger partial charge is 0.497 e. The van der Waals surface area contributed by atoms with Crippen molar-refractivity contribution in [2.75, 3.05) is 13.2 Å². The van der Waals surface area contributed by atoms with Crippen molar-refractivity contribution in [3.63, 3.8) is 0 Å². The standard InChI is InChI=1S/C21H26N2O3/c1-15(12-22-13-17-7-4-3-5-8-17)20-14-25-10-6-9-19-18(16(2)26-20)11-21(24)23-19/h3-10,15,20,22H,11-14H2,1-2H3,(H,23,24)/b10-6+,18-16+,19-9+/t15-,20?/m0/s1. The minimum absolute atomic E-state index is 0.00288. The summed E-state index contributed by atoms with van der Waals surface area (Å²) in [7, 11) is 0. The Kier molecular flexibility index (Phi) is 6.12. The molecule has 1 fully saturated rings. The number of rotatable bonds is 5. The Morgan fingerprint density at radius 3 is 2.92 bits per heavy atom. The third-order valence-corrected chi connectivity index (χ3v) is 4.66. The first kappa shape index (κ1) is 18.3. The number of amides is 1. The highest BCUT2D eigenvalue weighted by molar-refractivity contribution is 5.87. The smallest absolute Gasteiger partial charge is 0.229 e. The van der Waals surface area contributed by atoms with Crippen molar-refractivity contribution in [2.45, 2.75) is 32.9 Å². The zero-order valence-electron chi connectivity index (χ0n) is 15.3. The lowest BCUT2D eigenvalue weighted by molar-refractivity contribution is -0.118. The first-order valence-electron chi connectivity index (χ1n) is 9.03. The molecule has 5 heteroatoms. The SMILES string of the molecule is C/C1=C2/CC(=O)N/C2=C/C=C/OCC([C@@H](C)CNCc2ccccc2)O1. The molecule has 1 amide bonds. The summed E-state index contributed by atoms with van der Waals surface area (Å²) in [5.74, 6) is 1.03. The Morgan fingerprint density at radius 1 is 1.31 bits per heavy atom. The van der Waals surface area contributed by atoms with Crippen molar-refractivity contribution in [1.82, 2.24) is 10.6 Å². The second-order valence-electron chi connectivity index (χ2n) is 6.75. The fourth-order valence-corrected chi connectivity index (χ4v) is 3.11. The third kappa shape index (κ3) is 4.76. The molecule has 1 saturated heterocycles. The number of allylic oxidation sites excluding steroid dienone is 4. The Hall–Kier alpha value is -2.53. The molecule has 26 heavy (non-hydrogen) atoms. The second-order valence-corrected chi connectivity index (χ2v) is 6.75. The Labute approximate surface area is 154 Å². The van der Waals surface area contributed by atoms with Gasteiger partial charge in [0.05, 0.1) is 18.4 Å². The summed E-state index contributed by atoms with van der Waals surface area (Å²) >= 11 is 0. The lowest BCUT2D eigenvalue weighted by atomic mass is 10.0. The van der Waals surface area contributed by atoms with Gasteiger partial charge in [0.25, 0.3) is 0 Å². The van der Waals surface area contributed by atoms with Crippen LogP contribution in [0.3, 0.4) is 0 Å². The number of hydrogen-bond donors (Lipinski definition) is 2. The first-order valence-corrected chi connectivity index (χ1v) is 9.03. The molecule has 0 aliphatic carbocycles. The van der Waals surface area contributed by atoms with Crippen LogP contribution in [0.5, 0.6) is 0 Å². The van der Waals surface area contributed by atoms with Gasteiger partial charge in [-0.05, 0) is 24.6 Å². The highest BCUT2D eigenvalue weighted by Crippen LogP contribution is 2.26. The maximum absolute atomic E-state index is 11.7. The summed E-state index contributed by atoms with van der Waals surface area (Å²) in [6, 6.07) is 10.3. The Morgan fingerprint density at radius 2 is 2.12 bits per heavy atom. The van der Waals surface area contributed by atoms with Gasteiger partial charge in [0, 0.05) is 30.3 Å². The van der Waals surface area contributed by atoms with Crippen LogP contribution in [-0.2, 0) is 20.8 Å². The van der Waals surface area contributed by atoms with E-state index in [1.807, 2.05) is 37.3 Å². The fourth-order valence-electron chi connectivity index (χ4n) is 3.11. The van der Waals surface area contributed by atoms with E-state index in [4.69, 9.17) is 9.47 Å². The molecule has 0 spiro atoms. The number of nitrogens with one attached hydrogen (secondary N) is 2. The van der Waals surface area contributed by atoms with Gasteiger partial charge in [-0.3, -0.25) is 4.79 Å². The van der Waals surface area contributed by atoms with Gasteiger partial charge in [-0.1, -0.05) is 37.3 Å². The van der Waals surface area contributed by atoms with Crippen LogP contribution in [0.15, 0.2) is 65.8 Å². The van der Waals surface area contributed by atoms with Crippen LogP contribution in [0.1, 0.15) is 25.8 Å². The van der Waals surface area contributed by atoms with Crippen molar-refractivity contribution in [3.05, 3.63) is 71.3 Å². The molecule has 0 radical (unpaired) electrons. The maximum atomic E-state index is 11.7. The second kappa shape index (κ2) is 8.72. The molecule has 2 aliphatic heterocycles. The minimum Gasteiger partial charge on any atom is -0.497 e. The molecule has 1 aromatic carbocycles. The molecule has 0 aromatic heterocycles. The maximum Gasteiger partial charge on any atom is 0.229 e. The van der Waals surface area contributed by atoms with E-state index in [0.29, 0.717) is 13.0 Å². The summed E-state index contributed by atoms with van der Waals surface area (Å²) in [6.45, 7) is 6.18. The van der Waals surface area contributed by atoms with Crippen molar-refractivity contribution < 1.29 is 14.3 Å². The average molecular weight is 354 g/mol. The molecule has 2 N–H and O–H groups in total. The summed E-state index contributed by atoms with van der Waals surface area (Å²) in [4.78, 5) is 11.7. The van der Waals surface area contributed by atoms with Crippen LogP contribution in [0.2, 0.25) is 0 Å². The van der Waals surface area contributed by atoms with Gasteiger partial charge in [-0.25, -0.2) is 0 Å². The number of fused-ring (bicyclic) bond motifs is 1. The minimum atomic E-state index is -0.0922. The molecule has 1 aromatic rings. The zero-order chi connectivity index (χ0) is 18.4. The quantitative estimate of drug-likeness (QED) is 0.853. The van der Waals surface area contributed by atoms with Crippen molar-refractivity contribution in [1.29, 1.82) is 0 Å². The average Bonchev–Trinajstić information content (AvgIpc) is 3.02. The summed E-state index contributed by atoms with van der Waals surface area (Å²) < 4.78 is 11.8. The predicted octanol–water partition coefficient (Wildman–Crippen LogP) is 3.02. The number of hydrogen-bond acceptors (Lipinski definition) is 4. The molecule has 2 atom stereocenters. The van der Waals surface area contributed by atoms with E-state index in [-0.39, 0.29) is 17.9 Å². The molecule has 1 unspecified atom stereocenters. The lowest BCUT2D eigenvalue weighted by Gasteiger charge is -2.26. The van der Waals surface area contributed by atoms with Gasteiger partial charge in [0.15, 0.2) is 0 Å². The van der Waals surface area contributed by atoms with Gasteiger partial charge < -0.3 is 20.1 Å². The van der Waals surface area contributed by atoms with E-state index in [1.165, 1.54) is 5.56 Å². The normalized spacial score (nSPS) is 27.2. The molecule has 138 valence electrons. The number of carbonyl (C=O) groups excluding carboxylic acids is 1. The number of carbonyl (C=O) groups is 1. The third-order valence-electron chi connectivity index (χ3n) is 4.66. The molecule has 0 saturated carbocycles. The van der Waals surface area contributed by atoms with Gasteiger partial charge in [-0.15, -0.1) is 0 Å². The van der Waals surface area contributed by atoms with E-state index in [0.717, 1.165) is 30.1 Å². The van der Waals surface area contributed by atoms with Gasteiger partial charge in [-0.2, -0.15) is 0 Å². The first-order chi connectivity index (χ1) is 12.6. The van der Waals surface area contributed by atoms with Crippen molar-refractivity contribution in [2.24, 2.45) is 5.92 Å². The fraction of sp³-hybridized carbons (Fsp3) is 0.381. The van der Waals surface area contributed by atoms with Crippen molar-refractivity contribution >= 4 is 5.91 Å². The van der Waals surface area contributed by atoms with Crippen LogP contribution >= 0.6 is 0 Å². The highest BCUT2D eigenvalue weighted by Gasteiger charge is 2.26. The zero-order valence-corrected chi connectivity index (χ0v) is 15.3. The topological polar surface area (TPSA) is 59.6 Å². The molecule has 5 nitrogen and oxygen atoms in total. The predicted molar refractivity (Wildman–Crippen MR) is 101 cm³/mol. The van der Waals surface area contributed by atoms with Crippen LogP contribution in [-0.4, -0.2) is 25.2 Å². The van der Waals surface area contributed by atoms with E-state index < -0.39 is 0 Å². The molecule has 3 rings (SSSR count). The van der Waals surface area contributed by atoms with Crippen LogP contribution in [0, 0.1) is 5.92 Å². The summed E-state index contributed by atoms with van der Waals surface area (Å²) in [6.07, 6.45) is 5.58. The molecule has 2 aliphatic rings. The van der Waals surface area contributed by atoms with E-state index in [1.54, 1.807) is 6.26 Å². The Balaban J connectivity index is 1.63. The molecular weight excluding hydrogens is 328 g/mol. The van der Waals surface area contributed by atoms with Crippen LogP contribution < -0.4 is 10.6 Å². The number of benzene rings is 1. The van der Waals surface area contributed by atoms with Gasteiger partial charge >= 0.3 is 0 Å². The summed E-state index contributed by atoms with van der Waals surface area (Å²) in [5.41, 5.74) is 2.98. The van der Waals surface area contributed by atoms with Gasteiger partial charge in [0.2, 0.25) is 5.91 Å². The molecular formula is C21H26N2O3. The molecule has 2 heterocycles. The van der Waals surface area contributed by atoms with E-state index >= 15 is 0 Å². The van der Waals surface area contributed by atoms with E-state index in [2.05, 4.69) is 29.7 Å². The van der Waals surface area contributed by atoms with Crippen LogP contribution in [0.4, 0.5) is 0 Å². The van der Waals surface area contributed by atoms with Crippen molar-refractivity contribution in [3.8, 4) is 0 Å². The lowest BCUT2D eigenvalue weighted by Crippen LogP contribution is -2.34.